The molecule has 0 aliphatic rings. The van der Waals surface area contributed by atoms with Crippen LogP contribution in [-0.2, 0) is 0 Å². The van der Waals surface area contributed by atoms with Crippen LogP contribution in [-0.4, -0.2) is 12.5 Å². The van der Waals surface area contributed by atoms with Crippen molar-refractivity contribution in [1.82, 2.24) is 0 Å². The minimum Gasteiger partial charge on any atom is -0.492 e. The van der Waals surface area contributed by atoms with E-state index in [2.05, 4.69) is 5.32 Å². The molecule has 0 spiro atoms. The van der Waals surface area contributed by atoms with Crippen LogP contribution in [0, 0.1) is 0 Å². The smallest absolute Gasteiger partial charge is 0.255 e. The number of ether oxygens (including phenoxy) is 2. The lowest BCUT2D eigenvalue weighted by Crippen LogP contribution is -2.13. The molecule has 1 amide bonds. The number of hydrogen-bond acceptors (Lipinski definition) is 3. The third kappa shape index (κ3) is 4.38. The standard InChI is InChI=1S/C21H19NO3/c1-2-24-20-14-7-6-13-19(20)22-21(23)16-9-8-12-18(15-16)25-17-10-4-3-5-11-17/h3-15H,2H2,1H3,(H,22,23). The molecule has 1 N–H and O–H groups in total. The summed E-state index contributed by atoms with van der Waals surface area (Å²) < 4.78 is 11.3. The Morgan fingerprint density at radius 2 is 1.60 bits per heavy atom. The minimum atomic E-state index is -0.217. The highest BCUT2D eigenvalue weighted by Crippen LogP contribution is 2.26. The molecule has 0 aliphatic heterocycles. The van der Waals surface area contributed by atoms with Gasteiger partial charge < -0.3 is 14.8 Å². The Hall–Kier alpha value is -3.27. The quantitative estimate of drug-likeness (QED) is 0.680. The fourth-order valence-corrected chi connectivity index (χ4v) is 2.37. The average Bonchev–Trinajstić information content (AvgIpc) is 2.64. The van der Waals surface area contributed by atoms with E-state index in [1.165, 1.54) is 0 Å². The minimum absolute atomic E-state index is 0.217. The molecule has 0 fully saturated rings. The first kappa shape index (κ1) is 16.6. The Balaban J connectivity index is 1.76. The first-order valence-corrected chi connectivity index (χ1v) is 8.12. The zero-order valence-corrected chi connectivity index (χ0v) is 13.9. The number of rotatable bonds is 6. The monoisotopic (exact) mass is 333 g/mol. The Bertz CT molecular complexity index is 847. The van der Waals surface area contributed by atoms with Crippen molar-refractivity contribution >= 4 is 11.6 Å². The summed E-state index contributed by atoms with van der Waals surface area (Å²) in [4.78, 5) is 12.6. The molecule has 4 heteroatoms. The van der Waals surface area contributed by atoms with E-state index in [1.807, 2.05) is 67.6 Å². The number of para-hydroxylation sites is 3. The molecule has 0 saturated carbocycles. The van der Waals surface area contributed by atoms with Gasteiger partial charge >= 0.3 is 0 Å². The van der Waals surface area contributed by atoms with Crippen molar-refractivity contribution in [3.05, 3.63) is 84.4 Å². The molecule has 0 saturated heterocycles. The molecule has 0 unspecified atom stereocenters. The maximum absolute atomic E-state index is 12.6. The summed E-state index contributed by atoms with van der Waals surface area (Å²) in [6.45, 7) is 2.44. The fourth-order valence-electron chi connectivity index (χ4n) is 2.37. The lowest BCUT2D eigenvalue weighted by molar-refractivity contribution is 0.102. The molecule has 0 aromatic heterocycles. The number of benzene rings is 3. The zero-order valence-electron chi connectivity index (χ0n) is 13.9. The lowest BCUT2D eigenvalue weighted by Gasteiger charge is -2.12. The van der Waals surface area contributed by atoms with Crippen LogP contribution >= 0.6 is 0 Å². The summed E-state index contributed by atoms with van der Waals surface area (Å²) in [6.07, 6.45) is 0. The molecule has 25 heavy (non-hydrogen) atoms. The van der Waals surface area contributed by atoms with E-state index in [0.717, 1.165) is 5.75 Å². The van der Waals surface area contributed by atoms with Crippen LogP contribution in [0.2, 0.25) is 0 Å². The highest BCUT2D eigenvalue weighted by Gasteiger charge is 2.10. The van der Waals surface area contributed by atoms with Gasteiger partial charge in [-0.25, -0.2) is 0 Å². The second-order valence-electron chi connectivity index (χ2n) is 5.33. The second-order valence-corrected chi connectivity index (χ2v) is 5.33. The molecule has 3 aromatic rings. The Morgan fingerprint density at radius 3 is 2.40 bits per heavy atom. The van der Waals surface area contributed by atoms with Crippen LogP contribution in [0.25, 0.3) is 0 Å². The molecule has 0 aliphatic carbocycles. The maximum Gasteiger partial charge on any atom is 0.255 e. The van der Waals surface area contributed by atoms with Crippen molar-refractivity contribution in [2.75, 3.05) is 11.9 Å². The molecule has 126 valence electrons. The van der Waals surface area contributed by atoms with Crippen molar-refractivity contribution < 1.29 is 14.3 Å². The Morgan fingerprint density at radius 1 is 0.880 bits per heavy atom. The van der Waals surface area contributed by atoms with Gasteiger partial charge in [0.1, 0.15) is 17.2 Å². The van der Waals surface area contributed by atoms with Crippen LogP contribution in [0.15, 0.2) is 78.9 Å². The van der Waals surface area contributed by atoms with Crippen molar-refractivity contribution in [3.63, 3.8) is 0 Å². The third-order valence-electron chi connectivity index (χ3n) is 3.51. The summed E-state index contributed by atoms with van der Waals surface area (Å²) in [7, 11) is 0. The number of anilines is 1. The average molecular weight is 333 g/mol. The van der Waals surface area contributed by atoms with Gasteiger partial charge in [0.2, 0.25) is 0 Å². The van der Waals surface area contributed by atoms with E-state index in [9.17, 15) is 4.79 Å². The molecule has 0 radical (unpaired) electrons. The molecule has 0 heterocycles. The molecule has 3 rings (SSSR count). The van der Waals surface area contributed by atoms with Crippen LogP contribution in [0.4, 0.5) is 5.69 Å². The van der Waals surface area contributed by atoms with Crippen molar-refractivity contribution in [3.8, 4) is 17.2 Å². The molecule has 3 aromatic carbocycles. The summed E-state index contributed by atoms with van der Waals surface area (Å²) in [5, 5.41) is 2.88. The predicted octanol–water partition coefficient (Wildman–Crippen LogP) is 5.13. The predicted molar refractivity (Wildman–Crippen MR) is 98.5 cm³/mol. The third-order valence-corrected chi connectivity index (χ3v) is 3.51. The van der Waals surface area contributed by atoms with Gasteiger partial charge in [0.15, 0.2) is 0 Å². The lowest BCUT2D eigenvalue weighted by atomic mass is 10.2. The van der Waals surface area contributed by atoms with Gasteiger partial charge in [-0.1, -0.05) is 36.4 Å². The summed E-state index contributed by atoms with van der Waals surface area (Å²) in [5.74, 6) is 1.76. The first-order chi connectivity index (χ1) is 12.3. The van der Waals surface area contributed by atoms with E-state index in [4.69, 9.17) is 9.47 Å². The molecular weight excluding hydrogens is 314 g/mol. The molecule has 4 nitrogen and oxygen atoms in total. The first-order valence-electron chi connectivity index (χ1n) is 8.12. The van der Waals surface area contributed by atoms with Crippen LogP contribution in [0.5, 0.6) is 17.2 Å². The van der Waals surface area contributed by atoms with Crippen LogP contribution in [0.1, 0.15) is 17.3 Å². The second kappa shape index (κ2) is 8.02. The van der Waals surface area contributed by atoms with Crippen molar-refractivity contribution in [2.24, 2.45) is 0 Å². The maximum atomic E-state index is 12.6. The van der Waals surface area contributed by atoms with E-state index in [-0.39, 0.29) is 5.91 Å². The number of hydrogen-bond donors (Lipinski definition) is 1. The van der Waals surface area contributed by atoms with Gasteiger partial charge in [-0.2, -0.15) is 0 Å². The van der Waals surface area contributed by atoms with Gasteiger partial charge in [0.25, 0.3) is 5.91 Å². The van der Waals surface area contributed by atoms with E-state index in [0.29, 0.717) is 29.4 Å². The zero-order chi connectivity index (χ0) is 17.5. The van der Waals surface area contributed by atoms with Gasteiger partial charge in [-0.3, -0.25) is 4.79 Å². The van der Waals surface area contributed by atoms with Crippen LogP contribution in [0.3, 0.4) is 0 Å². The number of carbonyl (C=O) groups excluding carboxylic acids is 1. The SMILES string of the molecule is CCOc1ccccc1NC(=O)c1cccc(Oc2ccccc2)c1. The largest absolute Gasteiger partial charge is 0.492 e. The topological polar surface area (TPSA) is 47.6 Å². The summed E-state index contributed by atoms with van der Waals surface area (Å²) in [6, 6.07) is 23.9. The summed E-state index contributed by atoms with van der Waals surface area (Å²) in [5.41, 5.74) is 1.16. The summed E-state index contributed by atoms with van der Waals surface area (Å²) >= 11 is 0. The Kier molecular flexibility index (Phi) is 5.32. The normalized spacial score (nSPS) is 10.1. The fraction of sp³-hybridized carbons (Fsp3) is 0.0952. The van der Waals surface area contributed by atoms with E-state index < -0.39 is 0 Å². The molecular formula is C21H19NO3. The molecule has 0 bridgehead atoms. The number of amides is 1. The Labute approximate surface area is 147 Å². The van der Waals surface area contributed by atoms with Gasteiger partial charge in [-0.05, 0) is 49.4 Å². The van der Waals surface area contributed by atoms with Crippen molar-refractivity contribution in [1.29, 1.82) is 0 Å². The van der Waals surface area contributed by atoms with E-state index >= 15 is 0 Å². The molecule has 0 atom stereocenters. The number of nitrogens with one attached hydrogen (secondary N) is 1. The van der Waals surface area contributed by atoms with Crippen molar-refractivity contribution in [2.45, 2.75) is 6.92 Å². The number of carbonyl (C=O) groups is 1. The highest BCUT2D eigenvalue weighted by molar-refractivity contribution is 6.05. The van der Waals surface area contributed by atoms with Crippen LogP contribution < -0.4 is 14.8 Å². The van der Waals surface area contributed by atoms with Gasteiger partial charge in [0, 0.05) is 5.56 Å². The highest BCUT2D eigenvalue weighted by atomic mass is 16.5. The van der Waals surface area contributed by atoms with Gasteiger partial charge in [-0.15, -0.1) is 0 Å². The van der Waals surface area contributed by atoms with E-state index in [1.54, 1.807) is 18.2 Å². The van der Waals surface area contributed by atoms with Gasteiger partial charge in [0.05, 0.1) is 12.3 Å².